The Bertz CT molecular complexity index is 722. The van der Waals surface area contributed by atoms with Crippen LogP contribution >= 0.6 is 11.3 Å². The van der Waals surface area contributed by atoms with Gasteiger partial charge in [-0.1, -0.05) is 18.2 Å². The second-order valence-electron chi connectivity index (χ2n) is 4.11. The van der Waals surface area contributed by atoms with Crippen molar-refractivity contribution < 1.29 is 13.9 Å². The smallest absolute Gasteiger partial charge is 0.304 e. The minimum atomic E-state index is -0.321. The van der Waals surface area contributed by atoms with Crippen molar-refractivity contribution in [3.05, 3.63) is 60.0 Å². The van der Waals surface area contributed by atoms with Gasteiger partial charge in [0.2, 0.25) is 5.76 Å². The van der Waals surface area contributed by atoms with Crippen LogP contribution < -0.4 is 9.64 Å². The number of benzene rings is 1. The van der Waals surface area contributed by atoms with E-state index in [1.807, 2.05) is 35.7 Å². The van der Waals surface area contributed by atoms with Crippen LogP contribution in [0.4, 0.5) is 10.8 Å². The monoisotopic (exact) mass is 300 g/mol. The van der Waals surface area contributed by atoms with Gasteiger partial charge in [0.1, 0.15) is 0 Å². The molecule has 0 bridgehead atoms. The first kappa shape index (κ1) is 13.4. The van der Waals surface area contributed by atoms with Crippen LogP contribution in [-0.4, -0.2) is 18.0 Å². The maximum atomic E-state index is 12.8. The SMILES string of the molecule is COc1ccoc1C(=O)N(c1ccccc1)c1nccs1. The van der Waals surface area contributed by atoms with Gasteiger partial charge in [-0.15, -0.1) is 11.3 Å². The van der Waals surface area contributed by atoms with Gasteiger partial charge >= 0.3 is 5.91 Å². The Kier molecular flexibility index (Phi) is 3.70. The predicted octanol–water partition coefficient (Wildman–Crippen LogP) is 3.72. The fraction of sp³-hybridized carbons (Fsp3) is 0.0667. The van der Waals surface area contributed by atoms with Gasteiger partial charge in [-0.05, 0) is 12.1 Å². The van der Waals surface area contributed by atoms with Crippen molar-refractivity contribution in [2.45, 2.75) is 0 Å². The van der Waals surface area contributed by atoms with E-state index in [0.29, 0.717) is 10.9 Å². The van der Waals surface area contributed by atoms with Gasteiger partial charge in [-0.25, -0.2) is 9.88 Å². The number of ether oxygens (including phenoxy) is 1. The number of carbonyl (C=O) groups excluding carboxylic acids is 1. The first-order valence-electron chi connectivity index (χ1n) is 6.21. The summed E-state index contributed by atoms with van der Waals surface area (Å²) < 4.78 is 10.4. The molecule has 0 atom stereocenters. The number of nitrogens with zero attached hydrogens (tertiary/aromatic N) is 2. The largest absolute Gasteiger partial charge is 0.493 e. The van der Waals surface area contributed by atoms with E-state index in [9.17, 15) is 4.79 Å². The van der Waals surface area contributed by atoms with E-state index in [1.54, 1.807) is 12.3 Å². The van der Waals surface area contributed by atoms with Crippen LogP contribution in [0, 0.1) is 0 Å². The Labute approximate surface area is 125 Å². The van der Waals surface area contributed by atoms with E-state index in [2.05, 4.69) is 4.98 Å². The van der Waals surface area contributed by atoms with Gasteiger partial charge in [0.25, 0.3) is 0 Å². The molecule has 106 valence electrons. The fourth-order valence-corrected chi connectivity index (χ4v) is 2.59. The molecule has 0 N–H and O–H groups in total. The number of aromatic nitrogens is 1. The van der Waals surface area contributed by atoms with Gasteiger partial charge in [0.15, 0.2) is 10.9 Å². The minimum Gasteiger partial charge on any atom is -0.493 e. The molecule has 0 spiro atoms. The molecule has 1 aromatic carbocycles. The molecule has 3 aromatic rings. The average Bonchev–Trinajstić information content (AvgIpc) is 3.19. The van der Waals surface area contributed by atoms with Crippen molar-refractivity contribution in [1.82, 2.24) is 4.98 Å². The lowest BCUT2D eigenvalue weighted by Crippen LogP contribution is -2.25. The number of thiazole rings is 1. The summed E-state index contributed by atoms with van der Waals surface area (Å²) in [5.74, 6) is 0.229. The van der Waals surface area contributed by atoms with E-state index >= 15 is 0 Å². The summed E-state index contributed by atoms with van der Waals surface area (Å²) in [7, 11) is 1.50. The van der Waals surface area contributed by atoms with Crippen molar-refractivity contribution in [2.24, 2.45) is 0 Å². The highest BCUT2D eigenvalue weighted by molar-refractivity contribution is 7.13. The number of amides is 1. The average molecular weight is 300 g/mol. The summed E-state index contributed by atoms with van der Waals surface area (Å²) in [6, 6.07) is 10.9. The van der Waals surface area contributed by atoms with E-state index in [0.717, 1.165) is 5.69 Å². The maximum absolute atomic E-state index is 12.8. The Morgan fingerprint density at radius 2 is 2.10 bits per heavy atom. The summed E-state index contributed by atoms with van der Waals surface area (Å²) in [6.45, 7) is 0. The van der Waals surface area contributed by atoms with E-state index < -0.39 is 0 Å². The highest BCUT2D eigenvalue weighted by Crippen LogP contribution is 2.31. The second kappa shape index (κ2) is 5.80. The molecular formula is C15H12N2O3S. The molecular weight excluding hydrogens is 288 g/mol. The zero-order valence-corrected chi connectivity index (χ0v) is 12.0. The molecule has 0 saturated carbocycles. The first-order valence-corrected chi connectivity index (χ1v) is 7.09. The number of rotatable bonds is 4. The van der Waals surface area contributed by atoms with E-state index in [1.165, 1.54) is 29.6 Å². The van der Waals surface area contributed by atoms with Crippen molar-refractivity contribution in [2.75, 3.05) is 12.0 Å². The Morgan fingerprint density at radius 3 is 2.76 bits per heavy atom. The van der Waals surface area contributed by atoms with Gasteiger partial charge in [0, 0.05) is 17.6 Å². The van der Waals surface area contributed by atoms with Crippen LogP contribution in [0.5, 0.6) is 5.75 Å². The zero-order chi connectivity index (χ0) is 14.7. The molecule has 0 aliphatic carbocycles. The van der Waals surface area contributed by atoms with Crippen molar-refractivity contribution in [1.29, 1.82) is 0 Å². The van der Waals surface area contributed by atoms with Gasteiger partial charge in [-0.2, -0.15) is 0 Å². The molecule has 0 aliphatic rings. The van der Waals surface area contributed by atoms with Crippen LogP contribution in [-0.2, 0) is 0 Å². The standard InChI is InChI=1S/C15H12N2O3S/c1-19-12-7-9-20-13(12)14(18)17(15-16-8-10-21-15)11-5-3-2-4-6-11/h2-10H,1H3. The van der Waals surface area contributed by atoms with Gasteiger partial charge in [0.05, 0.1) is 19.1 Å². The number of anilines is 2. The van der Waals surface area contributed by atoms with E-state index in [4.69, 9.17) is 9.15 Å². The predicted molar refractivity (Wildman–Crippen MR) is 80.3 cm³/mol. The van der Waals surface area contributed by atoms with E-state index in [-0.39, 0.29) is 11.7 Å². The molecule has 0 saturated heterocycles. The lowest BCUT2D eigenvalue weighted by molar-refractivity contribution is 0.0969. The molecule has 0 fully saturated rings. The summed E-state index contributed by atoms with van der Waals surface area (Å²) in [6.07, 6.45) is 3.08. The highest BCUT2D eigenvalue weighted by atomic mass is 32.1. The molecule has 0 aliphatic heterocycles. The molecule has 2 heterocycles. The minimum absolute atomic E-state index is 0.150. The molecule has 6 heteroatoms. The number of hydrogen-bond acceptors (Lipinski definition) is 5. The third-order valence-electron chi connectivity index (χ3n) is 2.87. The molecule has 0 radical (unpaired) electrons. The third kappa shape index (κ3) is 2.53. The number of furan rings is 1. The van der Waals surface area contributed by atoms with Crippen molar-refractivity contribution in [3.63, 3.8) is 0 Å². The summed E-state index contributed by atoms with van der Waals surface area (Å²) in [4.78, 5) is 18.5. The zero-order valence-electron chi connectivity index (χ0n) is 11.2. The molecule has 0 unspecified atom stereocenters. The summed E-state index contributed by atoms with van der Waals surface area (Å²) in [5.41, 5.74) is 0.718. The maximum Gasteiger partial charge on any atom is 0.304 e. The molecule has 1 amide bonds. The number of para-hydroxylation sites is 1. The Morgan fingerprint density at radius 1 is 1.29 bits per heavy atom. The molecule has 21 heavy (non-hydrogen) atoms. The van der Waals surface area contributed by atoms with Gasteiger partial charge < -0.3 is 9.15 Å². The van der Waals surface area contributed by atoms with Crippen LogP contribution in [0.25, 0.3) is 0 Å². The van der Waals surface area contributed by atoms with Gasteiger partial charge in [-0.3, -0.25) is 4.79 Å². The van der Waals surface area contributed by atoms with Crippen LogP contribution in [0.2, 0.25) is 0 Å². The third-order valence-corrected chi connectivity index (χ3v) is 3.63. The fourth-order valence-electron chi connectivity index (χ4n) is 1.93. The Hall–Kier alpha value is -2.60. The molecule has 5 nitrogen and oxygen atoms in total. The van der Waals surface area contributed by atoms with Crippen molar-refractivity contribution in [3.8, 4) is 5.75 Å². The van der Waals surface area contributed by atoms with Crippen LogP contribution in [0.1, 0.15) is 10.6 Å². The first-order chi connectivity index (χ1) is 10.3. The van der Waals surface area contributed by atoms with Crippen LogP contribution in [0.15, 0.2) is 58.7 Å². The van der Waals surface area contributed by atoms with Crippen molar-refractivity contribution >= 4 is 28.1 Å². The quantitative estimate of drug-likeness (QED) is 0.737. The number of hydrogen-bond donors (Lipinski definition) is 0. The molecule has 2 aromatic heterocycles. The summed E-state index contributed by atoms with van der Waals surface area (Å²) in [5, 5.41) is 2.39. The lowest BCUT2D eigenvalue weighted by Gasteiger charge is -2.19. The number of methoxy groups -OCH3 is 1. The molecule has 3 rings (SSSR count). The normalized spacial score (nSPS) is 10.3. The Balaban J connectivity index is 2.06. The number of carbonyl (C=O) groups is 1. The summed E-state index contributed by atoms with van der Waals surface area (Å²) >= 11 is 1.38. The topological polar surface area (TPSA) is 55.6 Å². The van der Waals surface area contributed by atoms with Crippen LogP contribution in [0.3, 0.4) is 0 Å². The second-order valence-corrected chi connectivity index (χ2v) is 4.98. The highest BCUT2D eigenvalue weighted by Gasteiger charge is 2.27. The lowest BCUT2D eigenvalue weighted by atomic mass is 10.2.